The molecular formula is C31H31NO4. The monoisotopic (exact) mass is 481 g/mol. The third-order valence-corrected chi connectivity index (χ3v) is 5.62. The Bertz CT molecular complexity index is 1410. The second-order valence-corrected chi connectivity index (χ2v) is 9.92. The Morgan fingerprint density at radius 3 is 1.94 bits per heavy atom. The predicted molar refractivity (Wildman–Crippen MR) is 144 cm³/mol. The van der Waals surface area contributed by atoms with Gasteiger partial charge in [0.15, 0.2) is 0 Å². The lowest BCUT2D eigenvalue weighted by Crippen LogP contribution is -2.28. The standard InChI is InChI=1S/C31H31NO4/c1-21(2)28-25(24-18-12-13-19-26(24)32(28)30(34)36-31(3,4)5)20-27(22-14-8-6-9-15-22)35-29(33)23-16-10-7-11-17-23/h6-21H,1-5H3/b27-20-. The highest BCUT2D eigenvalue weighted by molar-refractivity contribution is 6.02. The van der Waals surface area contributed by atoms with Crippen LogP contribution in [0, 0.1) is 0 Å². The van der Waals surface area contributed by atoms with E-state index in [-0.39, 0.29) is 5.92 Å². The normalized spacial score (nSPS) is 12.1. The lowest BCUT2D eigenvalue weighted by Gasteiger charge is -2.22. The van der Waals surface area contributed by atoms with Crippen LogP contribution in [0.2, 0.25) is 0 Å². The molecule has 0 bridgehead atoms. The molecule has 0 aliphatic carbocycles. The van der Waals surface area contributed by atoms with Crippen LogP contribution < -0.4 is 0 Å². The maximum atomic E-state index is 13.4. The molecule has 0 N–H and O–H groups in total. The van der Waals surface area contributed by atoms with Crippen LogP contribution in [-0.2, 0) is 9.47 Å². The number of esters is 1. The van der Waals surface area contributed by atoms with Crippen LogP contribution in [0.25, 0.3) is 22.7 Å². The summed E-state index contributed by atoms with van der Waals surface area (Å²) in [5.41, 5.74) is 2.90. The number of nitrogens with zero attached hydrogens (tertiary/aromatic N) is 1. The van der Waals surface area contributed by atoms with Gasteiger partial charge in [0, 0.05) is 22.2 Å². The first-order valence-electron chi connectivity index (χ1n) is 12.1. The zero-order chi connectivity index (χ0) is 25.9. The van der Waals surface area contributed by atoms with Crippen molar-refractivity contribution in [2.75, 3.05) is 0 Å². The minimum Gasteiger partial charge on any atom is -0.443 e. The fraction of sp³-hybridized carbons (Fsp3) is 0.226. The quantitative estimate of drug-likeness (QED) is 0.215. The molecule has 0 saturated heterocycles. The Kier molecular flexibility index (Phi) is 7.11. The molecule has 1 aromatic heterocycles. The van der Waals surface area contributed by atoms with Gasteiger partial charge in [-0.05, 0) is 51.0 Å². The van der Waals surface area contributed by atoms with Crippen LogP contribution >= 0.6 is 0 Å². The molecule has 0 spiro atoms. The second kappa shape index (κ2) is 10.2. The Hall–Kier alpha value is -4.12. The number of hydrogen-bond acceptors (Lipinski definition) is 4. The smallest absolute Gasteiger partial charge is 0.419 e. The largest absolute Gasteiger partial charge is 0.443 e. The number of benzene rings is 3. The van der Waals surface area contributed by atoms with E-state index in [0.717, 1.165) is 27.7 Å². The number of carbonyl (C=O) groups excluding carboxylic acids is 2. The molecule has 0 atom stereocenters. The highest BCUT2D eigenvalue weighted by atomic mass is 16.6. The fourth-order valence-electron chi connectivity index (χ4n) is 4.15. The van der Waals surface area contributed by atoms with Crippen molar-refractivity contribution in [2.45, 2.75) is 46.1 Å². The van der Waals surface area contributed by atoms with Crippen molar-refractivity contribution in [3.05, 3.63) is 107 Å². The highest BCUT2D eigenvalue weighted by Crippen LogP contribution is 2.35. The molecule has 3 aromatic carbocycles. The lowest BCUT2D eigenvalue weighted by molar-refractivity contribution is 0.0538. The van der Waals surface area contributed by atoms with Gasteiger partial charge < -0.3 is 9.47 Å². The highest BCUT2D eigenvalue weighted by Gasteiger charge is 2.27. The molecule has 0 saturated carbocycles. The summed E-state index contributed by atoms with van der Waals surface area (Å²) >= 11 is 0. The maximum Gasteiger partial charge on any atom is 0.419 e. The summed E-state index contributed by atoms with van der Waals surface area (Å²) in [6, 6.07) is 26.1. The number of carbonyl (C=O) groups is 2. The van der Waals surface area contributed by atoms with Gasteiger partial charge in [-0.3, -0.25) is 0 Å². The number of hydrogen-bond donors (Lipinski definition) is 0. The van der Waals surface area contributed by atoms with Crippen molar-refractivity contribution >= 4 is 34.8 Å². The Morgan fingerprint density at radius 2 is 1.36 bits per heavy atom. The van der Waals surface area contributed by atoms with E-state index in [1.165, 1.54) is 0 Å². The minimum atomic E-state index is -0.646. The van der Waals surface area contributed by atoms with Crippen LogP contribution in [0.3, 0.4) is 0 Å². The summed E-state index contributed by atoms with van der Waals surface area (Å²) in [7, 11) is 0. The van der Waals surface area contributed by atoms with Gasteiger partial charge in [-0.2, -0.15) is 0 Å². The van der Waals surface area contributed by atoms with Crippen molar-refractivity contribution in [2.24, 2.45) is 0 Å². The molecule has 4 rings (SSSR count). The SMILES string of the molecule is CC(C)c1c(/C=C(\OC(=O)c2ccccc2)c2ccccc2)c2ccccc2n1C(=O)OC(C)(C)C. The summed E-state index contributed by atoms with van der Waals surface area (Å²) in [6.07, 6.45) is 1.42. The summed E-state index contributed by atoms with van der Waals surface area (Å²) in [5.74, 6) is -0.0656. The molecule has 0 amide bonds. The minimum absolute atomic E-state index is 0.0157. The average Bonchev–Trinajstić information content (AvgIpc) is 3.18. The van der Waals surface area contributed by atoms with Gasteiger partial charge in [-0.15, -0.1) is 0 Å². The van der Waals surface area contributed by atoms with E-state index in [2.05, 4.69) is 0 Å². The van der Waals surface area contributed by atoms with Crippen molar-refractivity contribution in [1.29, 1.82) is 0 Å². The van der Waals surface area contributed by atoms with Gasteiger partial charge in [-0.25, -0.2) is 14.2 Å². The third kappa shape index (κ3) is 5.41. The number of aromatic nitrogens is 1. The summed E-state index contributed by atoms with van der Waals surface area (Å²) in [4.78, 5) is 26.4. The molecule has 0 unspecified atom stereocenters. The molecule has 4 aromatic rings. The van der Waals surface area contributed by atoms with Gasteiger partial charge in [0.2, 0.25) is 0 Å². The predicted octanol–water partition coefficient (Wildman–Crippen LogP) is 7.90. The van der Waals surface area contributed by atoms with Crippen LogP contribution in [0.4, 0.5) is 4.79 Å². The summed E-state index contributed by atoms with van der Waals surface area (Å²) in [6.45, 7) is 9.62. The topological polar surface area (TPSA) is 57.5 Å². The molecule has 36 heavy (non-hydrogen) atoms. The van der Waals surface area contributed by atoms with E-state index in [9.17, 15) is 9.59 Å². The molecule has 1 heterocycles. The van der Waals surface area contributed by atoms with Crippen molar-refractivity contribution in [3.63, 3.8) is 0 Å². The van der Waals surface area contributed by atoms with E-state index in [0.29, 0.717) is 11.3 Å². The maximum absolute atomic E-state index is 13.4. The first-order chi connectivity index (χ1) is 17.2. The van der Waals surface area contributed by atoms with Crippen molar-refractivity contribution in [3.8, 4) is 0 Å². The first-order valence-corrected chi connectivity index (χ1v) is 12.1. The first kappa shape index (κ1) is 25.0. The van der Waals surface area contributed by atoms with Crippen molar-refractivity contribution in [1.82, 2.24) is 4.57 Å². The number of ether oxygens (including phenoxy) is 2. The van der Waals surface area contributed by atoms with Crippen LogP contribution in [0.15, 0.2) is 84.9 Å². The number of para-hydroxylation sites is 1. The van der Waals surface area contributed by atoms with E-state index in [4.69, 9.17) is 9.47 Å². The van der Waals surface area contributed by atoms with Crippen LogP contribution in [0.5, 0.6) is 0 Å². The van der Waals surface area contributed by atoms with E-state index >= 15 is 0 Å². The zero-order valence-corrected chi connectivity index (χ0v) is 21.3. The molecular weight excluding hydrogens is 450 g/mol. The van der Waals surface area contributed by atoms with Gasteiger partial charge in [0.25, 0.3) is 0 Å². The number of rotatable bonds is 5. The molecule has 5 nitrogen and oxygen atoms in total. The van der Waals surface area contributed by atoms with Gasteiger partial charge in [0.05, 0.1) is 11.1 Å². The molecule has 0 fully saturated rings. The fourth-order valence-corrected chi connectivity index (χ4v) is 4.15. The zero-order valence-electron chi connectivity index (χ0n) is 21.3. The lowest BCUT2D eigenvalue weighted by atomic mass is 10.0. The van der Waals surface area contributed by atoms with Gasteiger partial charge >= 0.3 is 12.1 Å². The van der Waals surface area contributed by atoms with Gasteiger partial charge in [0.1, 0.15) is 11.4 Å². The molecule has 0 radical (unpaired) electrons. The molecule has 0 aliphatic rings. The Balaban J connectivity index is 1.93. The van der Waals surface area contributed by atoms with Crippen LogP contribution in [-0.4, -0.2) is 22.2 Å². The summed E-state index contributed by atoms with van der Waals surface area (Å²) < 4.78 is 13.4. The Morgan fingerprint density at radius 1 is 0.806 bits per heavy atom. The van der Waals surface area contributed by atoms with E-state index in [1.54, 1.807) is 28.8 Å². The van der Waals surface area contributed by atoms with Crippen molar-refractivity contribution < 1.29 is 19.1 Å². The summed E-state index contributed by atoms with van der Waals surface area (Å²) in [5, 5.41) is 0.872. The third-order valence-electron chi connectivity index (χ3n) is 5.62. The second-order valence-electron chi connectivity index (χ2n) is 9.92. The van der Waals surface area contributed by atoms with E-state index < -0.39 is 17.7 Å². The molecule has 0 aliphatic heterocycles. The van der Waals surface area contributed by atoms with Crippen LogP contribution in [0.1, 0.15) is 67.7 Å². The van der Waals surface area contributed by atoms with E-state index in [1.807, 2.05) is 101 Å². The Labute approximate surface area is 212 Å². The molecule has 5 heteroatoms. The number of fused-ring (bicyclic) bond motifs is 1. The average molecular weight is 482 g/mol. The molecule has 184 valence electrons. The van der Waals surface area contributed by atoms with Gasteiger partial charge in [-0.1, -0.05) is 80.6 Å².